The number of hydrogen-bond donors (Lipinski definition) is 2. The molecule has 0 aromatic heterocycles. The molecule has 0 heterocycles. The van der Waals surface area contributed by atoms with E-state index in [0.29, 0.717) is 0 Å². The zero-order valence-electron chi connectivity index (χ0n) is 9.50. The van der Waals surface area contributed by atoms with Gasteiger partial charge < -0.3 is 10.4 Å². The van der Waals surface area contributed by atoms with E-state index in [2.05, 4.69) is 28.2 Å². The lowest BCUT2D eigenvalue weighted by Gasteiger charge is -2.19. The van der Waals surface area contributed by atoms with Crippen LogP contribution in [0.4, 0.5) is 0 Å². The number of halogens is 2. The highest BCUT2D eigenvalue weighted by Gasteiger charge is 2.10. The van der Waals surface area contributed by atoms with Gasteiger partial charge in [-0.1, -0.05) is 34.5 Å². The van der Waals surface area contributed by atoms with Crippen LogP contribution in [0.1, 0.15) is 19.4 Å². The van der Waals surface area contributed by atoms with Crippen molar-refractivity contribution in [3.63, 3.8) is 0 Å². The van der Waals surface area contributed by atoms with Gasteiger partial charge in [-0.25, -0.2) is 0 Å². The molecule has 0 bridgehead atoms. The van der Waals surface area contributed by atoms with E-state index in [1.165, 1.54) is 0 Å². The van der Waals surface area contributed by atoms with Crippen molar-refractivity contribution in [1.82, 2.24) is 5.32 Å². The lowest BCUT2D eigenvalue weighted by Crippen LogP contribution is -2.33. The van der Waals surface area contributed by atoms with Gasteiger partial charge in [0.25, 0.3) is 0 Å². The molecule has 0 aliphatic carbocycles. The summed E-state index contributed by atoms with van der Waals surface area (Å²) >= 11 is 9.42. The summed E-state index contributed by atoms with van der Waals surface area (Å²) < 4.78 is 1.05. The summed E-state index contributed by atoms with van der Waals surface area (Å²) in [6.45, 7) is 5.03. The fourth-order valence-corrected chi connectivity index (χ4v) is 1.89. The Bertz CT molecular complexity index is 346. The minimum absolute atomic E-state index is 0.199. The predicted molar refractivity (Wildman–Crippen MR) is 71.7 cm³/mol. The fourth-order valence-electron chi connectivity index (χ4n) is 1.31. The zero-order valence-corrected chi connectivity index (χ0v) is 11.8. The van der Waals surface area contributed by atoms with Gasteiger partial charge in [-0.15, -0.1) is 0 Å². The molecule has 2 atom stereocenters. The SMILES string of the molecule is CC(CO)C(C)NCc1cc(Cl)ccc1Br. The Kier molecular flexibility index (Phi) is 5.76. The first kappa shape index (κ1) is 14.0. The van der Waals surface area contributed by atoms with Gasteiger partial charge in [0.05, 0.1) is 0 Å². The molecule has 1 aromatic rings. The molecule has 2 nitrogen and oxygen atoms in total. The first-order valence-corrected chi connectivity index (χ1v) is 6.50. The van der Waals surface area contributed by atoms with Crippen molar-refractivity contribution in [3.05, 3.63) is 33.3 Å². The minimum Gasteiger partial charge on any atom is -0.396 e. The molecular weight excluding hydrogens is 289 g/mol. The first-order valence-electron chi connectivity index (χ1n) is 5.32. The Morgan fingerprint density at radius 2 is 2.12 bits per heavy atom. The van der Waals surface area contributed by atoms with E-state index in [4.69, 9.17) is 16.7 Å². The number of benzene rings is 1. The normalized spacial score (nSPS) is 14.8. The van der Waals surface area contributed by atoms with Gasteiger partial charge in [0.15, 0.2) is 0 Å². The first-order chi connectivity index (χ1) is 7.54. The lowest BCUT2D eigenvalue weighted by atomic mass is 10.0. The maximum absolute atomic E-state index is 9.03. The second kappa shape index (κ2) is 6.60. The topological polar surface area (TPSA) is 32.3 Å². The quantitative estimate of drug-likeness (QED) is 0.875. The van der Waals surface area contributed by atoms with E-state index in [9.17, 15) is 0 Å². The van der Waals surface area contributed by atoms with E-state index >= 15 is 0 Å². The van der Waals surface area contributed by atoms with Crippen molar-refractivity contribution in [2.45, 2.75) is 26.4 Å². The van der Waals surface area contributed by atoms with Gasteiger partial charge in [-0.3, -0.25) is 0 Å². The lowest BCUT2D eigenvalue weighted by molar-refractivity contribution is 0.207. The Morgan fingerprint density at radius 1 is 1.44 bits per heavy atom. The number of aliphatic hydroxyl groups is 1. The third-order valence-corrected chi connectivity index (χ3v) is 3.77. The molecule has 0 amide bonds. The Balaban J connectivity index is 2.57. The standard InChI is InChI=1S/C12H17BrClNO/c1-8(7-16)9(2)15-6-10-5-11(14)3-4-12(10)13/h3-5,8-9,15-16H,6-7H2,1-2H3. The van der Waals surface area contributed by atoms with E-state index in [0.717, 1.165) is 21.6 Å². The van der Waals surface area contributed by atoms with Gasteiger partial charge in [0.1, 0.15) is 0 Å². The number of hydrogen-bond acceptors (Lipinski definition) is 2. The Morgan fingerprint density at radius 3 is 2.75 bits per heavy atom. The maximum atomic E-state index is 9.03. The molecule has 2 unspecified atom stereocenters. The monoisotopic (exact) mass is 305 g/mol. The van der Waals surface area contributed by atoms with Crippen LogP contribution in [-0.2, 0) is 6.54 Å². The summed E-state index contributed by atoms with van der Waals surface area (Å²) in [6, 6.07) is 6.01. The predicted octanol–water partition coefficient (Wildman–Crippen LogP) is 3.21. The van der Waals surface area contributed by atoms with Crippen LogP contribution in [0.2, 0.25) is 5.02 Å². The summed E-state index contributed by atoms with van der Waals surface area (Å²) in [6.07, 6.45) is 0. The average Bonchev–Trinajstić information content (AvgIpc) is 2.28. The maximum Gasteiger partial charge on any atom is 0.0471 e. The summed E-state index contributed by atoms with van der Waals surface area (Å²) in [5.74, 6) is 0.248. The third-order valence-electron chi connectivity index (χ3n) is 2.76. The minimum atomic E-state index is 0.199. The number of rotatable bonds is 5. The van der Waals surface area contributed by atoms with Crippen molar-refractivity contribution in [2.24, 2.45) is 5.92 Å². The van der Waals surface area contributed by atoms with Gasteiger partial charge in [-0.05, 0) is 36.6 Å². The number of nitrogens with one attached hydrogen (secondary N) is 1. The van der Waals surface area contributed by atoms with Gasteiger partial charge in [0.2, 0.25) is 0 Å². The highest BCUT2D eigenvalue weighted by Crippen LogP contribution is 2.21. The van der Waals surface area contributed by atoms with Gasteiger partial charge in [0, 0.05) is 28.7 Å². The molecule has 0 saturated heterocycles. The molecule has 90 valence electrons. The molecule has 0 radical (unpaired) electrons. The highest BCUT2D eigenvalue weighted by molar-refractivity contribution is 9.10. The summed E-state index contributed by atoms with van der Waals surface area (Å²) in [5.41, 5.74) is 1.13. The zero-order chi connectivity index (χ0) is 12.1. The summed E-state index contributed by atoms with van der Waals surface area (Å²) in [7, 11) is 0. The van der Waals surface area contributed by atoms with Crippen molar-refractivity contribution in [3.8, 4) is 0 Å². The van der Waals surface area contributed by atoms with Crippen LogP contribution in [0, 0.1) is 5.92 Å². The molecule has 1 rings (SSSR count). The van der Waals surface area contributed by atoms with Gasteiger partial charge >= 0.3 is 0 Å². The molecule has 0 aliphatic heterocycles. The second-order valence-corrected chi connectivity index (χ2v) is 5.36. The largest absolute Gasteiger partial charge is 0.396 e. The van der Waals surface area contributed by atoms with Crippen molar-refractivity contribution in [1.29, 1.82) is 0 Å². The molecule has 2 N–H and O–H groups in total. The average molecular weight is 307 g/mol. The van der Waals surface area contributed by atoms with Crippen molar-refractivity contribution in [2.75, 3.05) is 6.61 Å². The molecule has 0 fully saturated rings. The summed E-state index contributed by atoms with van der Waals surface area (Å²) in [5, 5.41) is 13.1. The molecule has 0 saturated carbocycles. The Labute approximate surface area is 110 Å². The number of aliphatic hydroxyl groups excluding tert-OH is 1. The smallest absolute Gasteiger partial charge is 0.0471 e. The molecule has 1 aromatic carbocycles. The van der Waals surface area contributed by atoms with Crippen LogP contribution in [0.25, 0.3) is 0 Å². The third kappa shape index (κ3) is 4.06. The van der Waals surface area contributed by atoms with E-state index in [1.54, 1.807) is 0 Å². The fraction of sp³-hybridized carbons (Fsp3) is 0.500. The molecule has 0 aliphatic rings. The van der Waals surface area contributed by atoms with Crippen molar-refractivity contribution >= 4 is 27.5 Å². The van der Waals surface area contributed by atoms with Crippen LogP contribution < -0.4 is 5.32 Å². The van der Waals surface area contributed by atoms with Gasteiger partial charge in [-0.2, -0.15) is 0 Å². The summed E-state index contributed by atoms with van der Waals surface area (Å²) in [4.78, 5) is 0. The van der Waals surface area contributed by atoms with E-state index < -0.39 is 0 Å². The van der Waals surface area contributed by atoms with Crippen LogP contribution >= 0.6 is 27.5 Å². The molecule has 4 heteroatoms. The molecule has 0 spiro atoms. The van der Waals surface area contributed by atoms with Crippen LogP contribution in [0.3, 0.4) is 0 Å². The highest BCUT2D eigenvalue weighted by atomic mass is 79.9. The van der Waals surface area contributed by atoms with Crippen molar-refractivity contribution < 1.29 is 5.11 Å². The van der Waals surface area contributed by atoms with Crippen LogP contribution in [0.5, 0.6) is 0 Å². The Hall–Kier alpha value is -0.0900. The second-order valence-electron chi connectivity index (χ2n) is 4.07. The van der Waals surface area contributed by atoms with E-state index in [1.807, 2.05) is 25.1 Å². The van der Waals surface area contributed by atoms with E-state index in [-0.39, 0.29) is 18.6 Å². The van der Waals surface area contributed by atoms with Crippen LogP contribution in [0.15, 0.2) is 22.7 Å². The molecular formula is C12H17BrClNO. The molecule has 16 heavy (non-hydrogen) atoms. The van der Waals surface area contributed by atoms with Crippen LogP contribution in [-0.4, -0.2) is 17.8 Å².